The van der Waals surface area contributed by atoms with E-state index in [4.69, 9.17) is 4.74 Å². The first-order valence-corrected chi connectivity index (χ1v) is 9.98. The minimum Gasteiger partial charge on any atom is -0.497 e. The highest BCUT2D eigenvalue weighted by atomic mass is 16.5. The van der Waals surface area contributed by atoms with Crippen molar-refractivity contribution in [3.8, 4) is 5.75 Å². The molecule has 0 saturated carbocycles. The van der Waals surface area contributed by atoms with E-state index in [1.54, 1.807) is 19.2 Å². The lowest BCUT2D eigenvalue weighted by molar-refractivity contribution is 0.103. The molecule has 0 saturated heterocycles. The van der Waals surface area contributed by atoms with E-state index < -0.39 is 0 Å². The molecule has 4 aromatic rings. The summed E-state index contributed by atoms with van der Waals surface area (Å²) in [5, 5.41) is 0. The molecule has 0 aliphatic heterocycles. The van der Waals surface area contributed by atoms with Gasteiger partial charge in [0.1, 0.15) is 5.75 Å². The fourth-order valence-corrected chi connectivity index (χ4v) is 2.98. The molecule has 0 fully saturated rings. The van der Waals surface area contributed by atoms with Crippen LogP contribution in [0.25, 0.3) is 0 Å². The number of ether oxygens (including phenoxy) is 1. The molecule has 0 aromatic heterocycles. The average molecular weight is 408 g/mol. The molecule has 0 bridgehead atoms. The molecule has 3 heteroatoms. The van der Waals surface area contributed by atoms with Gasteiger partial charge in [0.05, 0.1) is 7.11 Å². The number of carbonyl (C=O) groups is 2. The molecule has 31 heavy (non-hydrogen) atoms. The van der Waals surface area contributed by atoms with Crippen molar-refractivity contribution >= 4 is 11.6 Å². The van der Waals surface area contributed by atoms with E-state index in [9.17, 15) is 9.59 Å². The Morgan fingerprint density at radius 1 is 0.548 bits per heavy atom. The van der Waals surface area contributed by atoms with Crippen molar-refractivity contribution in [1.29, 1.82) is 0 Å². The van der Waals surface area contributed by atoms with Crippen molar-refractivity contribution in [2.45, 2.75) is 6.92 Å². The smallest absolute Gasteiger partial charge is 0.193 e. The summed E-state index contributed by atoms with van der Waals surface area (Å²) in [4.78, 5) is 24.0. The van der Waals surface area contributed by atoms with E-state index in [1.807, 2.05) is 104 Å². The van der Waals surface area contributed by atoms with E-state index in [-0.39, 0.29) is 11.6 Å². The highest BCUT2D eigenvalue weighted by Crippen LogP contribution is 2.16. The Morgan fingerprint density at radius 3 is 1.52 bits per heavy atom. The van der Waals surface area contributed by atoms with Crippen LogP contribution >= 0.6 is 0 Å². The quantitative estimate of drug-likeness (QED) is 0.372. The minimum atomic E-state index is 0.0134. The topological polar surface area (TPSA) is 43.4 Å². The third kappa shape index (κ3) is 6.00. The predicted octanol–water partition coefficient (Wildman–Crippen LogP) is 6.15. The van der Waals surface area contributed by atoms with Gasteiger partial charge >= 0.3 is 0 Å². The van der Waals surface area contributed by atoms with Crippen LogP contribution in [0.1, 0.15) is 37.4 Å². The first-order chi connectivity index (χ1) is 15.1. The highest BCUT2D eigenvalue weighted by molar-refractivity contribution is 6.09. The van der Waals surface area contributed by atoms with Gasteiger partial charge in [0.15, 0.2) is 11.6 Å². The molecule has 0 heterocycles. The van der Waals surface area contributed by atoms with Crippen molar-refractivity contribution < 1.29 is 14.3 Å². The molecule has 0 atom stereocenters. The van der Waals surface area contributed by atoms with Gasteiger partial charge in [-0.15, -0.1) is 0 Å². The van der Waals surface area contributed by atoms with Gasteiger partial charge < -0.3 is 4.74 Å². The van der Waals surface area contributed by atoms with Crippen molar-refractivity contribution in [3.63, 3.8) is 0 Å². The second kappa shape index (κ2) is 10.7. The largest absolute Gasteiger partial charge is 0.497 e. The van der Waals surface area contributed by atoms with Gasteiger partial charge in [0.25, 0.3) is 0 Å². The molecule has 3 nitrogen and oxygen atoms in total. The molecule has 0 unspecified atom stereocenters. The molecule has 0 aliphatic carbocycles. The SMILES string of the molecule is COc1cccc(C(=O)c2ccccc2)c1.Cc1ccc(C(=O)c2ccccc2)cc1. The molecule has 0 amide bonds. The van der Waals surface area contributed by atoms with Gasteiger partial charge in [0, 0.05) is 22.3 Å². The third-order valence-corrected chi connectivity index (χ3v) is 4.72. The Kier molecular flexibility index (Phi) is 7.50. The van der Waals surface area contributed by atoms with Gasteiger partial charge in [-0.05, 0) is 19.1 Å². The molecule has 4 rings (SSSR count). The predicted molar refractivity (Wildman–Crippen MR) is 124 cm³/mol. The van der Waals surface area contributed by atoms with E-state index >= 15 is 0 Å². The lowest BCUT2D eigenvalue weighted by Gasteiger charge is -2.03. The minimum absolute atomic E-state index is 0.0134. The molecule has 0 radical (unpaired) electrons. The summed E-state index contributed by atoms with van der Waals surface area (Å²) in [6.45, 7) is 2.01. The number of methoxy groups -OCH3 is 1. The van der Waals surface area contributed by atoms with Gasteiger partial charge in [-0.1, -0.05) is 103 Å². The van der Waals surface area contributed by atoms with Gasteiger partial charge in [-0.25, -0.2) is 0 Å². The number of rotatable bonds is 5. The van der Waals surface area contributed by atoms with E-state index in [2.05, 4.69) is 0 Å². The summed E-state index contributed by atoms with van der Waals surface area (Å²) >= 11 is 0. The summed E-state index contributed by atoms with van der Waals surface area (Å²) in [5.74, 6) is 0.789. The fraction of sp³-hybridized carbons (Fsp3) is 0.0714. The number of hydrogen-bond donors (Lipinski definition) is 0. The monoisotopic (exact) mass is 408 g/mol. The first-order valence-electron chi connectivity index (χ1n) is 9.98. The molecule has 0 N–H and O–H groups in total. The fourth-order valence-electron chi connectivity index (χ4n) is 2.98. The summed E-state index contributed by atoms with van der Waals surface area (Å²) in [7, 11) is 1.59. The molecule has 0 aliphatic rings. The van der Waals surface area contributed by atoms with Crippen LogP contribution in [0.4, 0.5) is 0 Å². The maximum absolute atomic E-state index is 12.1. The van der Waals surface area contributed by atoms with Crippen LogP contribution in [-0.4, -0.2) is 18.7 Å². The van der Waals surface area contributed by atoms with Gasteiger partial charge in [0.2, 0.25) is 0 Å². The van der Waals surface area contributed by atoms with Crippen LogP contribution < -0.4 is 4.74 Å². The highest BCUT2D eigenvalue weighted by Gasteiger charge is 2.09. The zero-order valence-corrected chi connectivity index (χ0v) is 17.6. The second-order valence-electron chi connectivity index (χ2n) is 6.99. The number of aryl methyl sites for hydroxylation is 1. The molecular formula is C28H24O3. The molecular weight excluding hydrogens is 384 g/mol. The first kappa shape index (κ1) is 21.7. The second-order valence-corrected chi connectivity index (χ2v) is 6.99. The zero-order chi connectivity index (χ0) is 22.1. The zero-order valence-electron chi connectivity index (χ0n) is 17.6. The lowest BCUT2D eigenvalue weighted by Crippen LogP contribution is -2.00. The Labute approximate surface area is 183 Å². The number of ketones is 2. The number of benzene rings is 4. The van der Waals surface area contributed by atoms with Crippen LogP contribution in [0.15, 0.2) is 109 Å². The van der Waals surface area contributed by atoms with Crippen LogP contribution in [0.5, 0.6) is 5.75 Å². The van der Waals surface area contributed by atoms with Crippen molar-refractivity contribution in [3.05, 3.63) is 137 Å². The number of hydrogen-bond acceptors (Lipinski definition) is 3. The van der Waals surface area contributed by atoms with Crippen LogP contribution in [0.3, 0.4) is 0 Å². The summed E-state index contributed by atoms with van der Waals surface area (Å²) in [6, 6.07) is 33.4. The maximum Gasteiger partial charge on any atom is 0.193 e. The Bertz CT molecular complexity index is 1130. The third-order valence-electron chi connectivity index (χ3n) is 4.72. The van der Waals surface area contributed by atoms with Crippen molar-refractivity contribution in [2.24, 2.45) is 0 Å². The van der Waals surface area contributed by atoms with Crippen molar-refractivity contribution in [2.75, 3.05) is 7.11 Å². The summed E-state index contributed by atoms with van der Waals surface area (Å²) < 4.78 is 5.09. The van der Waals surface area contributed by atoms with Crippen LogP contribution in [0.2, 0.25) is 0 Å². The Balaban J connectivity index is 0.000000176. The van der Waals surface area contributed by atoms with Crippen LogP contribution in [0, 0.1) is 6.92 Å². The lowest BCUT2D eigenvalue weighted by atomic mass is 10.0. The number of carbonyl (C=O) groups excluding carboxylic acids is 2. The molecule has 4 aromatic carbocycles. The Morgan fingerprint density at radius 2 is 1.00 bits per heavy atom. The normalized spacial score (nSPS) is 9.87. The van der Waals surface area contributed by atoms with Crippen molar-refractivity contribution in [1.82, 2.24) is 0 Å². The Hall–Kier alpha value is -3.98. The average Bonchev–Trinajstić information content (AvgIpc) is 2.85. The van der Waals surface area contributed by atoms with E-state index in [0.717, 1.165) is 11.1 Å². The van der Waals surface area contributed by atoms with E-state index in [0.29, 0.717) is 16.9 Å². The standard InChI is InChI=1S/C14H12O2.C14H12O/c1-16-13-9-5-8-12(10-13)14(15)11-6-3-2-4-7-11;1-11-7-9-13(10-8-11)14(15)12-5-3-2-4-6-12/h2-10H,1H3;2-10H,1H3. The van der Waals surface area contributed by atoms with Gasteiger partial charge in [-0.3, -0.25) is 9.59 Å². The van der Waals surface area contributed by atoms with Crippen LogP contribution in [-0.2, 0) is 0 Å². The van der Waals surface area contributed by atoms with Gasteiger partial charge in [-0.2, -0.15) is 0 Å². The molecule has 0 spiro atoms. The van der Waals surface area contributed by atoms with E-state index in [1.165, 1.54) is 5.56 Å². The summed E-state index contributed by atoms with van der Waals surface area (Å²) in [5.41, 5.74) is 3.98. The maximum atomic E-state index is 12.1. The summed E-state index contributed by atoms with van der Waals surface area (Å²) in [6.07, 6.45) is 0. The molecule has 154 valence electrons.